The van der Waals surface area contributed by atoms with Crippen molar-refractivity contribution in [1.29, 1.82) is 0 Å². The van der Waals surface area contributed by atoms with E-state index >= 15 is 0 Å². The van der Waals surface area contributed by atoms with Gasteiger partial charge in [-0.2, -0.15) is 0 Å². The van der Waals surface area contributed by atoms with Crippen LogP contribution >= 0.6 is 0 Å². The standard InChI is InChI=1S/C14H18FNO2/c15-12-3-1-11(2-4-12)9-14(18)10-16(7-8-17)13-5-6-13/h1-4,13,17H,5-10H2. The maximum Gasteiger partial charge on any atom is 0.151 e. The predicted octanol–water partition coefficient (Wildman–Crippen LogP) is 1.39. The minimum absolute atomic E-state index is 0.0837. The number of carbonyl (C=O) groups excluding carboxylic acids is 1. The van der Waals surface area contributed by atoms with Gasteiger partial charge >= 0.3 is 0 Å². The number of rotatable bonds is 7. The highest BCUT2D eigenvalue weighted by Crippen LogP contribution is 2.26. The van der Waals surface area contributed by atoms with Crippen molar-refractivity contribution in [2.75, 3.05) is 19.7 Å². The Balaban J connectivity index is 1.85. The van der Waals surface area contributed by atoms with Crippen molar-refractivity contribution < 1.29 is 14.3 Å². The molecule has 18 heavy (non-hydrogen) atoms. The Bertz CT molecular complexity index is 401. The Morgan fingerprint density at radius 1 is 1.33 bits per heavy atom. The number of nitrogens with zero attached hydrogens (tertiary/aromatic N) is 1. The van der Waals surface area contributed by atoms with Crippen LogP contribution in [0.2, 0.25) is 0 Å². The molecule has 0 bridgehead atoms. The molecule has 1 aliphatic rings. The number of benzene rings is 1. The van der Waals surface area contributed by atoms with Crippen LogP contribution in [-0.4, -0.2) is 41.5 Å². The Hall–Kier alpha value is -1.26. The van der Waals surface area contributed by atoms with Gasteiger partial charge in [0, 0.05) is 19.0 Å². The summed E-state index contributed by atoms with van der Waals surface area (Å²) in [5.74, 6) is -0.173. The van der Waals surface area contributed by atoms with Crippen LogP contribution in [-0.2, 0) is 11.2 Å². The van der Waals surface area contributed by atoms with Crippen molar-refractivity contribution in [3.8, 4) is 0 Å². The molecule has 98 valence electrons. The van der Waals surface area contributed by atoms with Crippen molar-refractivity contribution >= 4 is 5.78 Å². The minimum Gasteiger partial charge on any atom is -0.395 e. The van der Waals surface area contributed by atoms with Crippen molar-refractivity contribution in [2.24, 2.45) is 0 Å². The van der Waals surface area contributed by atoms with Gasteiger partial charge in [0.15, 0.2) is 5.78 Å². The van der Waals surface area contributed by atoms with Gasteiger partial charge in [-0.25, -0.2) is 4.39 Å². The summed E-state index contributed by atoms with van der Waals surface area (Å²) in [6.45, 7) is 1.02. The zero-order chi connectivity index (χ0) is 13.0. The Morgan fingerprint density at radius 3 is 2.56 bits per heavy atom. The number of aliphatic hydroxyl groups is 1. The van der Waals surface area contributed by atoms with Crippen LogP contribution < -0.4 is 0 Å². The molecule has 1 aliphatic carbocycles. The van der Waals surface area contributed by atoms with E-state index in [9.17, 15) is 9.18 Å². The Morgan fingerprint density at radius 2 is 2.00 bits per heavy atom. The topological polar surface area (TPSA) is 40.5 Å². The molecule has 1 N–H and O–H groups in total. The van der Waals surface area contributed by atoms with Gasteiger partial charge in [0.25, 0.3) is 0 Å². The summed E-state index contributed by atoms with van der Waals surface area (Å²) in [5.41, 5.74) is 0.834. The molecule has 3 nitrogen and oxygen atoms in total. The maximum absolute atomic E-state index is 12.7. The number of hydrogen-bond donors (Lipinski definition) is 1. The maximum atomic E-state index is 12.7. The lowest BCUT2D eigenvalue weighted by molar-refractivity contribution is -0.119. The fourth-order valence-electron chi connectivity index (χ4n) is 2.07. The van der Waals surface area contributed by atoms with Gasteiger partial charge in [0.1, 0.15) is 5.82 Å². The van der Waals surface area contributed by atoms with Gasteiger partial charge in [-0.1, -0.05) is 12.1 Å². The fourth-order valence-corrected chi connectivity index (χ4v) is 2.07. The van der Waals surface area contributed by atoms with Gasteiger partial charge in [0.05, 0.1) is 13.2 Å². The molecule has 1 aromatic carbocycles. The lowest BCUT2D eigenvalue weighted by Crippen LogP contribution is -2.34. The van der Waals surface area contributed by atoms with E-state index in [1.807, 2.05) is 4.90 Å². The fraction of sp³-hybridized carbons (Fsp3) is 0.500. The summed E-state index contributed by atoms with van der Waals surface area (Å²) < 4.78 is 12.7. The molecule has 1 saturated carbocycles. The largest absolute Gasteiger partial charge is 0.395 e. The quantitative estimate of drug-likeness (QED) is 0.796. The summed E-state index contributed by atoms with van der Waals surface area (Å²) in [4.78, 5) is 13.9. The van der Waals surface area contributed by atoms with Gasteiger partial charge in [-0.05, 0) is 30.5 Å². The van der Waals surface area contributed by atoms with Gasteiger partial charge in [-0.3, -0.25) is 9.69 Å². The second kappa shape index (κ2) is 6.07. The van der Waals surface area contributed by atoms with Crippen LogP contribution in [0.5, 0.6) is 0 Å². The molecule has 0 atom stereocenters. The average molecular weight is 251 g/mol. The van der Waals surface area contributed by atoms with E-state index in [0.29, 0.717) is 25.6 Å². The highest BCUT2D eigenvalue weighted by atomic mass is 19.1. The van der Waals surface area contributed by atoms with E-state index in [0.717, 1.165) is 18.4 Å². The summed E-state index contributed by atoms with van der Waals surface area (Å²) in [7, 11) is 0. The second-order valence-corrected chi connectivity index (χ2v) is 4.77. The molecule has 0 amide bonds. The third kappa shape index (κ3) is 3.89. The van der Waals surface area contributed by atoms with Crippen molar-refractivity contribution in [3.05, 3.63) is 35.6 Å². The first kappa shape index (κ1) is 13.2. The monoisotopic (exact) mass is 251 g/mol. The molecule has 1 aromatic rings. The molecule has 0 unspecified atom stereocenters. The summed E-state index contributed by atoms with van der Waals surface area (Å²) >= 11 is 0. The third-order valence-electron chi connectivity index (χ3n) is 3.14. The molecule has 2 rings (SSSR count). The van der Waals surface area contributed by atoms with Gasteiger partial charge < -0.3 is 5.11 Å². The lowest BCUT2D eigenvalue weighted by atomic mass is 10.1. The molecular weight excluding hydrogens is 233 g/mol. The summed E-state index contributed by atoms with van der Waals surface area (Å²) in [6, 6.07) is 6.49. The van der Waals surface area contributed by atoms with E-state index < -0.39 is 0 Å². The normalized spacial score (nSPS) is 15.1. The summed E-state index contributed by atoms with van der Waals surface area (Å²) in [6.07, 6.45) is 2.56. The first-order valence-electron chi connectivity index (χ1n) is 6.30. The average Bonchev–Trinajstić information content (AvgIpc) is 3.16. The zero-order valence-electron chi connectivity index (χ0n) is 10.3. The molecule has 0 aliphatic heterocycles. The number of aliphatic hydroxyl groups excluding tert-OH is 1. The van der Waals surface area contributed by atoms with Crippen molar-refractivity contribution in [1.82, 2.24) is 4.90 Å². The zero-order valence-corrected chi connectivity index (χ0v) is 10.3. The number of hydrogen-bond acceptors (Lipinski definition) is 3. The molecule has 4 heteroatoms. The van der Waals surface area contributed by atoms with Gasteiger partial charge in [0.2, 0.25) is 0 Å². The molecule has 1 fully saturated rings. The van der Waals surface area contributed by atoms with E-state index in [2.05, 4.69) is 0 Å². The molecule has 0 radical (unpaired) electrons. The highest BCUT2D eigenvalue weighted by molar-refractivity contribution is 5.82. The second-order valence-electron chi connectivity index (χ2n) is 4.77. The summed E-state index contributed by atoms with van der Waals surface area (Å²) in [5, 5.41) is 8.95. The Kier molecular flexibility index (Phi) is 4.44. The smallest absolute Gasteiger partial charge is 0.151 e. The molecule has 0 saturated heterocycles. The highest BCUT2D eigenvalue weighted by Gasteiger charge is 2.29. The number of ketones is 1. The lowest BCUT2D eigenvalue weighted by Gasteiger charge is -2.19. The van der Waals surface area contributed by atoms with Crippen LogP contribution in [0.25, 0.3) is 0 Å². The van der Waals surface area contributed by atoms with Gasteiger partial charge in [-0.15, -0.1) is 0 Å². The third-order valence-corrected chi connectivity index (χ3v) is 3.14. The minimum atomic E-state index is -0.286. The molecule has 0 aromatic heterocycles. The van der Waals surface area contributed by atoms with E-state index in [1.165, 1.54) is 12.1 Å². The molecule has 0 spiro atoms. The number of Topliss-reactive ketones (excluding diaryl/α,β-unsaturated/α-hetero) is 1. The SMILES string of the molecule is O=C(Cc1ccc(F)cc1)CN(CCO)C1CC1. The number of carbonyl (C=O) groups is 1. The predicted molar refractivity (Wildman–Crippen MR) is 66.8 cm³/mol. The van der Waals surface area contributed by atoms with Crippen molar-refractivity contribution in [3.63, 3.8) is 0 Å². The first-order chi connectivity index (χ1) is 8.69. The first-order valence-corrected chi connectivity index (χ1v) is 6.30. The Labute approximate surface area is 106 Å². The number of halogens is 1. The van der Waals surface area contributed by atoms with Crippen LogP contribution in [0.15, 0.2) is 24.3 Å². The van der Waals surface area contributed by atoms with Crippen LogP contribution in [0.4, 0.5) is 4.39 Å². The van der Waals surface area contributed by atoms with Crippen molar-refractivity contribution in [2.45, 2.75) is 25.3 Å². The van der Waals surface area contributed by atoms with E-state index in [-0.39, 0.29) is 18.2 Å². The van der Waals surface area contributed by atoms with Crippen LogP contribution in [0, 0.1) is 5.82 Å². The van der Waals surface area contributed by atoms with E-state index in [4.69, 9.17) is 5.11 Å². The molecular formula is C14H18FNO2. The van der Waals surface area contributed by atoms with Crippen LogP contribution in [0.3, 0.4) is 0 Å². The van der Waals surface area contributed by atoms with Crippen LogP contribution in [0.1, 0.15) is 18.4 Å². The molecule has 0 heterocycles. The van der Waals surface area contributed by atoms with E-state index in [1.54, 1.807) is 12.1 Å².